The number of hydrogen-bond donors (Lipinski definition) is 0. The molecule has 1 aromatic heterocycles. The number of allylic oxidation sites excluding steroid dienone is 1. The molecule has 170 valence electrons. The van der Waals surface area contributed by atoms with Crippen LogP contribution in [-0.4, -0.2) is 22.0 Å². The Morgan fingerprint density at radius 1 is 1.09 bits per heavy atom. The molecular weight excluding hydrogens is 431 g/mol. The minimum atomic E-state index is -0.249. The first-order chi connectivity index (χ1) is 16.5. The summed E-state index contributed by atoms with van der Waals surface area (Å²) in [7, 11) is 1.99. The summed E-state index contributed by atoms with van der Waals surface area (Å²) in [6.07, 6.45) is 3.83. The summed E-state index contributed by atoms with van der Waals surface area (Å²) >= 11 is 0. The summed E-state index contributed by atoms with van der Waals surface area (Å²) in [6, 6.07) is 16.5. The molecule has 2 aliphatic rings. The first-order valence-corrected chi connectivity index (χ1v) is 11.2. The van der Waals surface area contributed by atoms with Crippen molar-refractivity contribution in [3.8, 4) is 11.5 Å². The molecule has 34 heavy (non-hydrogen) atoms. The van der Waals surface area contributed by atoms with Gasteiger partial charge in [0.1, 0.15) is 24.0 Å². The molecule has 0 unspecified atom stereocenters. The second-order valence-electron chi connectivity index (χ2n) is 8.91. The maximum absolute atomic E-state index is 13.3. The highest BCUT2D eigenvalue weighted by atomic mass is 19.1. The molecule has 6 heteroatoms. The van der Waals surface area contributed by atoms with Crippen molar-refractivity contribution in [3.63, 3.8) is 0 Å². The van der Waals surface area contributed by atoms with E-state index in [0.717, 1.165) is 38.9 Å². The standard InChI is InChI=1S/C28H23FN2O3/c1-17-27-20(15-31(16-33-27)13-18-7-9-21(29)10-8-18)11-23-26(32)25(34-28(17)23)12-19-14-30(2)24-6-4-3-5-22(19)24/h3-12,14H,13,15-16H2,1-2H3/b25-12-. The minimum absolute atomic E-state index is 0.121. The molecule has 0 radical (unpaired) electrons. The van der Waals surface area contributed by atoms with E-state index in [1.807, 2.05) is 55.1 Å². The smallest absolute Gasteiger partial charge is 0.231 e. The number of halogens is 1. The molecule has 3 aromatic carbocycles. The molecule has 0 aliphatic carbocycles. The first-order valence-electron chi connectivity index (χ1n) is 11.2. The third-order valence-corrected chi connectivity index (χ3v) is 6.54. The zero-order valence-corrected chi connectivity index (χ0v) is 19.0. The highest BCUT2D eigenvalue weighted by molar-refractivity contribution is 6.15. The highest BCUT2D eigenvalue weighted by Gasteiger charge is 2.33. The molecule has 0 spiro atoms. The van der Waals surface area contributed by atoms with Crippen molar-refractivity contribution in [1.29, 1.82) is 0 Å². The van der Waals surface area contributed by atoms with Gasteiger partial charge in [-0.3, -0.25) is 9.69 Å². The predicted molar refractivity (Wildman–Crippen MR) is 128 cm³/mol. The monoisotopic (exact) mass is 454 g/mol. The molecule has 0 saturated carbocycles. The van der Waals surface area contributed by atoms with Gasteiger partial charge in [-0.25, -0.2) is 4.39 Å². The van der Waals surface area contributed by atoms with E-state index in [4.69, 9.17) is 9.47 Å². The summed E-state index contributed by atoms with van der Waals surface area (Å²) in [6.45, 7) is 3.61. The predicted octanol–water partition coefficient (Wildman–Crippen LogP) is 5.59. The average Bonchev–Trinajstić information content (AvgIpc) is 3.33. The van der Waals surface area contributed by atoms with Gasteiger partial charge in [-0.1, -0.05) is 30.3 Å². The van der Waals surface area contributed by atoms with Gasteiger partial charge in [0.25, 0.3) is 0 Å². The summed E-state index contributed by atoms with van der Waals surface area (Å²) in [5.41, 5.74) is 5.40. The van der Waals surface area contributed by atoms with Crippen LogP contribution in [-0.2, 0) is 20.1 Å². The van der Waals surface area contributed by atoms with Gasteiger partial charge in [0.2, 0.25) is 5.78 Å². The molecule has 0 amide bonds. The van der Waals surface area contributed by atoms with Crippen LogP contribution in [0.5, 0.6) is 11.5 Å². The fraction of sp³-hybridized carbons (Fsp3) is 0.179. The van der Waals surface area contributed by atoms with Gasteiger partial charge in [0.15, 0.2) is 5.76 Å². The Bertz CT molecular complexity index is 1480. The molecule has 4 aromatic rings. The second-order valence-corrected chi connectivity index (χ2v) is 8.91. The van der Waals surface area contributed by atoms with Gasteiger partial charge >= 0.3 is 0 Å². The van der Waals surface area contributed by atoms with E-state index >= 15 is 0 Å². The van der Waals surface area contributed by atoms with Gasteiger partial charge < -0.3 is 14.0 Å². The number of nitrogens with zero attached hydrogens (tertiary/aromatic N) is 2. The van der Waals surface area contributed by atoms with E-state index in [1.165, 1.54) is 12.1 Å². The van der Waals surface area contributed by atoms with E-state index in [-0.39, 0.29) is 11.6 Å². The molecule has 0 bridgehead atoms. The number of ether oxygens (including phenoxy) is 2. The van der Waals surface area contributed by atoms with Crippen molar-refractivity contribution in [2.45, 2.75) is 20.0 Å². The zero-order valence-electron chi connectivity index (χ0n) is 19.0. The van der Waals surface area contributed by atoms with Crippen LogP contribution in [0.4, 0.5) is 4.39 Å². The van der Waals surface area contributed by atoms with Crippen molar-refractivity contribution < 1.29 is 18.7 Å². The van der Waals surface area contributed by atoms with Crippen LogP contribution in [0.15, 0.2) is 66.6 Å². The number of para-hydroxylation sites is 1. The van der Waals surface area contributed by atoms with E-state index in [0.29, 0.717) is 36.9 Å². The number of carbonyl (C=O) groups is 1. The van der Waals surface area contributed by atoms with E-state index in [9.17, 15) is 9.18 Å². The van der Waals surface area contributed by atoms with Gasteiger partial charge in [0.05, 0.1) is 5.56 Å². The van der Waals surface area contributed by atoms with Crippen molar-refractivity contribution in [3.05, 3.63) is 100 Å². The van der Waals surface area contributed by atoms with E-state index in [1.54, 1.807) is 12.1 Å². The number of carbonyl (C=O) groups excluding carboxylic acids is 1. The molecule has 2 aliphatic heterocycles. The van der Waals surface area contributed by atoms with Crippen LogP contribution >= 0.6 is 0 Å². The van der Waals surface area contributed by atoms with Crippen LogP contribution < -0.4 is 9.47 Å². The lowest BCUT2D eigenvalue weighted by molar-refractivity contribution is 0.0876. The van der Waals surface area contributed by atoms with Crippen molar-refractivity contribution >= 4 is 22.8 Å². The molecule has 0 saturated heterocycles. The third-order valence-electron chi connectivity index (χ3n) is 6.54. The first kappa shape index (κ1) is 20.7. The van der Waals surface area contributed by atoms with Gasteiger partial charge in [0, 0.05) is 53.9 Å². The molecule has 0 fully saturated rings. The minimum Gasteiger partial charge on any atom is -0.477 e. The molecule has 6 rings (SSSR count). The second kappa shape index (κ2) is 7.85. The lowest BCUT2D eigenvalue weighted by Crippen LogP contribution is -2.32. The summed E-state index contributed by atoms with van der Waals surface area (Å²) < 4.78 is 27.4. The number of rotatable bonds is 3. The SMILES string of the molecule is Cc1c2c(cc3c1O/C(=C\c1cn(C)c4ccccc14)C3=O)CN(Cc1ccc(F)cc1)CO2. The molecule has 0 N–H and O–H groups in total. The lowest BCUT2D eigenvalue weighted by Gasteiger charge is -2.30. The molecular formula is C28H23FN2O3. The maximum Gasteiger partial charge on any atom is 0.231 e. The van der Waals surface area contributed by atoms with Crippen molar-refractivity contribution in [1.82, 2.24) is 9.47 Å². The number of Topliss-reactive ketones (excluding diaryl/α,β-unsaturated/α-hetero) is 1. The Labute approximate surface area is 196 Å². The largest absolute Gasteiger partial charge is 0.477 e. The zero-order chi connectivity index (χ0) is 23.4. The fourth-order valence-corrected chi connectivity index (χ4v) is 4.88. The van der Waals surface area contributed by atoms with E-state index in [2.05, 4.69) is 11.0 Å². The normalized spacial score (nSPS) is 16.4. The lowest BCUT2D eigenvalue weighted by atomic mass is 9.99. The summed E-state index contributed by atoms with van der Waals surface area (Å²) in [5, 5.41) is 1.07. The van der Waals surface area contributed by atoms with Crippen LogP contribution in [0.25, 0.3) is 17.0 Å². The van der Waals surface area contributed by atoms with Gasteiger partial charge in [-0.15, -0.1) is 0 Å². The van der Waals surface area contributed by atoms with Gasteiger partial charge in [-0.2, -0.15) is 0 Å². The van der Waals surface area contributed by atoms with E-state index < -0.39 is 0 Å². The third kappa shape index (κ3) is 3.38. The van der Waals surface area contributed by atoms with Crippen LogP contribution in [0, 0.1) is 12.7 Å². The Morgan fingerprint density at radius 3 is 2.71 bits per heavy atom. The highest BCUT2D eigenvalue weighted by Crippen LogP contribution is 2.43. The number of hydrogen-bond acceptors (Lipinski definition) is 4. The maximum atomic E-state index is 13.3. The Kier molecular flexibility index (Phi) is 4.78. The van der Waals surface area contributed by atoms with Crippen LogP contribution in [0.2, 0.25) is 0 Å². The Morgan fingerprint density at radius 2 is 1.88 bits per heavy atom. The number of aryl methyl sites for hydroxylation is 1. The fourth-order valence-electron chi connectivity index (χ4n) is 4.88. The summed E-state index contributed by atoms with van der Waals surface area (Å²) in [5.74, 6) is 1.29. The number of ketones is 1. The van der Waals surface area contributed by atoms with Crippen molar-refractivity contribution in [2.75, 3.05) is 6.73 Å². The average molecular weight is 455 g/mol. The Hall–Kier alpha value is -3.90. The molecule has 5 nitrogen and oxygen atoms in total. The molecule has 3 heterocycles. The molecule has 0 atom stereocenters. The van der Waals surface area contributed by atoms with Crippen LogP contribution in [0.3, 0.4) is 0 Å². The van der Waals surface area contributed by atoms with Crippen LogP contribution in [0.1, 0.15) is 32.6 Å². The van der Waals surface area contributed by atoms with Gasteiger partial charge in [-0.05, 0) is 42.8 Å². The quantitative estimate of drug-likeness (QED) is 0.378. The summed E-state index contributed by atoms with van der Waals surface area (Å²) in [4.78, 5) is 15.4. The Balaban J connectivity index is 1.31. The number of aromatic nitrogens is 1. The van der Waals surface area contributed by atoms with Crippen molar-refractivity contribution in [2.24, 2.45) is 7.05 Å². The topological polar surface area (TPSA) is 43.7 Å². The number of fused-ring (bicyclic) bond motifs is 3. The number of benzene rings is 3.